The zero-order valence-electron chi connectivity index (χ0n) is 4.84. The van der Waals surface area contributed by atoms with Gasteiger partial charge in [-0.2, -0.15) is 0 Å². The monoisotopic (exact) mass is 175 g/mol. The minimum atomic E-state index is 0.180. The first kappa shape index (κ1) is 7.51. The van der Waals surface area contributed by atoms with E-state index in [0.717, 1.165) is 0 Å². The van der Waals surface area contributed by atoms with Gasteiger partial charge in [0.1, 0.15) is 5.15 Å². The van der Waals surface area contributed by atoms with Gasteiger partial charge >= 0.3 is 0 Å². The van der Waals surface area contributed by atoms with Crippen molar-refractivity contribution in [2.75, 3.05) is 0 Å². The number of nitrogens with zero attached hydrogens (tertiary/aromatic N) is 1. The zero-order valence-corrected chi connectivity index (χ0v) is 6.36. The van der Waals surface area contributed by atoms with Crippen LogP contribution in [0.3, 0.4) is 0 Å². The molecule has 1 heterocycles. The van der Waals surface area contributed by atoms with E-state index in [1.54, 1.807) is 0 Å². The third-order valence-electron chi connectivity index (χ3n) is 0.960. The van der Waals surface area contributed by atoms with E-state index >= 15 is 0 Å². The first-order valence-electron chi connectivity index (χ1n) is 2.50. The fourth-order valence-corrected chi connectivity index (χ4v) is 0.835. The summed E-state index contributed by atoms with van der Waals surface area (Å²) < 4.78 is 0. The lowest BCUT2D eigenvalue weighted by Crippen LogP contribution is -1.84. The maximum absolute atomic E-state index is 10.2. The molecule has 0 atom stereocenters. The molecule has 0 unspecified atom stereocenters. The minimum absolute atomic E-state index is 0.180. The van der Waals surface area contributed by atoms with Crippen LogP contribution in [0.15, 0.2) is 12.3 Å². The third-order valence-corrected chi connectivity index (χ3v) is 1.48. The number of aromatic nitrogens is 1. The number of rotatable bonds is 1. The van der Waals surface area contributed by atoms with Gasteiger partial charge < -0.3 is 0 Å². The molecule has 10 heavy (non-hydrogen) atoms. The van der Waals surface area contributed by atoms with E-state index in [4.69, 9.17) is 23.2 Å². The van der Waals surface area contributed by atoms with Crippen LogP contribution in [0.25, 0.3) is 0 Å². The summed E-state index contributed by atoms with van der Waals surface area (Å²) in [4.78, 5) is 13.8. The van der Waals surface area contributed by atoms with Crippen LogP contribution in [0, 0.1) is 0 Å². The molecule has 0 saturated carbocycles. The number of aldehydes is 1. The normalized spacial score (nSPS) is 9.40. The number of carbonyl (C=O) groups is 1. The molecule has 0 radical (unpaired) electrons. The molecule has 0 spiro atoms. The second-order valence-corrected chi connectivity index (χ2v) is 2.45. The van der Waals surface area contributed by atoms with Crippen molar-refractivity contribution in [3.63, 3.8) is 0 Å². The van der Waals surface area contributed by atoms with Gasteiger partial charge in [-0.25, -0.2) is 4.98 Å². The Morgan fingerprint density at radius 3 is 2.70 bits per heavy atom. The highest BCUT2D eigenvalue weighted by atomic mass is 35.5. The van der Waals surface area contributed by atoms with E-state index in [1.165, 1.54) is 12.3 Å². The lowest BCUT2D eigenvalue weighted by atomic mass is 10.3. The standard InChI is InChI=1S/C6H3Cl2NO/c7-5-1-4(3-10)6(8)9-2-5/h1-3H. The Labute approximate surface area is 67.8 Å². The van der Waals surface area contributed by atoms with Gasteiger partial charge in [0, 0.05) is 6.20 Å². The number of pyridine rings is 1. The van der Waals surface area contributed by atoms with Gasteiger partial charge in [0.15, 0.2) is 6.29 Å². The van der Waals surface area contributed by atoms with Crippen molar-refractivity contribution in [1.29, 1.82) is 0 Å². The molecule has 0 aliphatic heterocycles. The number of halogens is 2. The molecule has 1 aromatic heterocycles. The lowest BCUT2D eigenvalue weighted by Gasteiger charge is -1.92. The topological polar surface area (TPSA) is 30.0 Å². The highest BCUT2D eigenvalue weighted by Gasteiger charge is 1.99. The Bertz CT molecular complexity index is 262. The minimum Gasteiger partial charge on any atom is -0.298 e. The Hall–Kier alpha value is -0.600. The molecule has 0 aliphatic carbocycles. The van der Waals surface area contributed by atoms with Crippen LogP contribution in [-0.4, -0.2) is 11.3 Å². The molecule has 0 fully saturated rings. The van der Waals surface area contributed by atoms with E-state index in [0.29, 0.717) is 16.9 Å². The molecule has 0 saturated heterocycles. The van der Waals surface area contributed by atoms with Gasteiger partial charge in [-0.1, -0.05) is 23.2 Å². The molecule has 0 bridgehead atoms. The van der Waals surface area contributed by atoms with Gasteiger partial charge in [0.2, 0.25) is 0 Å². The molecule has 1 aromatic rings. The number of carbonyl (C=O) groups excluding carboxylic acids is 1. The van der Waals surface area contributed by atoms with Crippen LogP contribution < -0.4 is 0 Å². The lowest BCUT2D eigenvalue weighted by molar-refractivity contribution is 0.112. The Morgan fingerprint density at radius 1 is 1.50 bits per heavy atom. The van der Waals surface area contributed by atoms with Crippen LogP contribution >= 0.6 is 23.2 Å². The quantitative estimate of drug-likeness (QED) is 0.484. The summed E-state index contributed by atoms with van der Waals surface area (Å²) >= 11 is 11.0. The van der Waals surface area contributed by atoms with Crippen molar-refractivity contribution in [2.24, 2.45) is 0 Å². The Kier molecular flexibility index (Phi) is 2.25. The Morgan fingerprint density at radius 2 is 2.20 bits per heavy atom. The third kappa shape index (κ3) is 1.46. The average molecular weight is 176 g/mol. The van der Waals surface area contributed by atoms with Crippen molar-refractivity contribution in [2.45, 2.75) is 0 Å². The van der Waals surface area contributed by atoms with Gasteiger partial charge in [0.25, 0.3) is 0 Å². The van der Waals surface area contributed by atoms with Gasteiger partial charge in [-0.05, 0) is 6.07 Å². The van der Waals surface area contributed by atoms with E-state index < -0.39 is 0 Å². The fraction of sp³-hybridized carbons (Fsp3) is 0. The molecule has 52 valence electrons. The molecular weight excluding hydrogens is 173 g/mol. The smallest absolute Gasteiger partial charge is 0.153 e. The van der Waals surface area contributed by atoms with Crippen LogP contribution in [0.5, 0.6) is 0 Å². The van der Waals surface area contributed by atoms with Gasteiger partial charge in [-0.3, -0.25) is 4.79 Å². The van der Waals surface area contributed by atoms with Gasteiger partial charge in [-0.15, -0.1) is 0 Å². The largest absolute Gasteiger partial charge is 0.298 e. The highest BCUT2D eigenvalue weighted by molar-refractivity contribution is 6.33. The highest BCUT2D eigenvalue weighted by Crippen LogP contribution is 2.14. The van der Waals surface area contributed by atoms with Gasteiger partial charge in [0.05, 0.1) is 10.6 Å². The van der Waals surface area contributed by atoms with Crippen molar-refractivity contribution in [1.82, 2.24) is 4.98 Å². The van der Waals surface area contributed by atoms with E-state index in [1.807, 2.05) is 0 Å². The Balaban J connectivity index is 3.21. The van der Waals surface area contributed by atoms with Crippen molar-refractivity contribution in [3.8, 4) is 0 Å². The van der Waals surface area contributed by atoms with Crippen LogP contribution in [0.1, 0.15) is 10.4 Å². The molecule has 2 nitrogen and oxygen atoms in total. The second kappa shape index (κ2) is 2.99. The molecule has 0 amide bonds. The maximum Gasteiger partial charge on any atom is 0.153 e. The summed E-state index contributed by atoms with van der Waals surface area (Å²) in [6.45, 7) is 0. The summed E-state index contributed by atoms with van der Waals surface area (Å²) in [6.07, 6.45) is 2.00. The summed E-state index contributed by atoms with van der Waals surface area (Å²) in [7, 11) is 0. The van der Waals surface area contributed by atoms with Crippen molar-refractivity contribution in [3.05, 3.63) is 28.0 Å². The molecule has 0 aliphatic rings. The summed E-state index contributed by atoms with van der Waals surface area (Å²) in [6, 6.07) is 1.46. The molecule has 1 rings (SSSR count). The van der Waals surface area contributed by atoms with E-state index in [-0.39, 0.29) is 5.15 Å². The molecule has 0 aromatic carbocycles. The molecular formula is C6H3Cl2NO. The van der Waals surface area contributed by atoms with E-state index in [2.05, 4.69) is 4.98 Å². The number of hydrogen-bond acceptors (Lipinski definition) is 2. The predicted octanol–water partition coefficient (Wildman–Crippen LogP) is 2.20. The van der Waals surface area contributed by atoms with Crippen LogP contribution in [0.2, 0.25) is 10.2 Å². The average Bonchev–Trinajstić information content (AvgIpc) is 1.94. The zero-order chi connectivity index (χ0) is 7.56. The maximum atomic E-state index is 10.2. The first-order valence-corrected chi connectivity index (χ1v) is 3.26. The second-order valence-electron chi connectivity index (χ2n) is 1.65. The SMILES string of the molecule is O=Cc1cc(Cl)cnc1Cl. The summed E-state index contributed by atoms with van der Waals surface area (Å²) in [5.74, 6) is 0. The molecule has 0 N–H and O–H groups in total. The predicted molar refractivity (Wildman–Crippen MR) is 39.6 cm³/mol. The van der Waals surface area contributed by atoms with Crippen LogP contribution in [-0.2, 0) is 0 Å². The number of hydrogen-bond donors (Lipinski definition) is 0. The summed E-state index contributed by atoms with van der Waals surface area (Å²) in [5, 5.41) is 0.589. The van der Waals surface area contributed by atoms with E-state index in [9.17, 15) is 4.79 Å². The fourth-order valence-electron chi connectivity index (χ4n) is 0.521. The van der Waals surface area contributed by atoms with Crippen LogP contribution in [0.4, 0.5) is 0 Å². The summed E-state index contributed by atoms with van der Waals surface area (Å²) in [5.41, 5.74) is 0.314. The van der Waals surface area contributed by atoms with Crippen molar-refractivity contribution < 1.29 is 4.79 Å². The first-order chi connectivity index (χ1) is 4.74. The van der Waals surface area contributed by atoms with Crippen molar-refractivity contribution >= 4 is 29.5 Å². The molecule has 4 heteroatoms.